The Kier molecular flexibility index (Phi) is 6.55. The van der Waals surface area contributed by atoms with Crippen molar-refractivity contribution in [3.05, 3.63) is 98.9 Å². The number of ether oxygens (including phenoxy) is 1. The van der Waals surface area contributed by atoms with Gasteiger partial charge in [0.2, 0.25) is 0 Å². The van der Waals surface area contributed by atoms with Gasteiger partial charge in [0.25, 0.3) is 5.91 Å². The monoisotopic (exact) mass is 525 g/mol. The molecule has 1 aliphatic carbocycles. The van der Waals surface area contributed by atoms with Gasteiger partial charge in [0.15, 0.2) is 0 Å². The fraction of sp³-hybridized carbons (Fsp3) is 0.222. The molecule has 1 aliphatic rings. The molecule has 0 aliphatic heterocycles. The van der Waals surface area contributed by atoms with E-state index in [1.807, 2.05) is 0 Å². The number of imidazole rings is 1. The van der Waals surface area contributed by atoms with Crippen molar-refractivity contribution >= 4 is 34.5 Å². The van der Waals surface area contributed by atoms with E-state index in [-0.39, 0.29) is 34.3 Å². The zero-order valence-corrected chi connectivity index (χ0v) is 20.5. The molecule has 0 spiro atoms. The summed E-state index contributed by atoms with van der Waals surface area (Å²) in [6, 6.07) is 14.0. The molecule has 3 aromatic carbocycles. The zero-order valence-electron chi connectivity index (χ0n) is 19.7. The van der Waals surface area contributed by atoms with Crippen molar-refractivity contribution in [1.29, 1.82) is 0 Å². The van der Waals surface area contributed by atoms with E-state index >= 15 is 0 Å². The number of halogens is 3. The summed E-state index contributed by atoms with van der Waals surface area (Å²) in [7, 11) is 1.18. The van der Waals surface area contributed by atoms with Crippen molar-refractivity contribution in [2.24, 2.45) is 0 Å². The first-order chi connectivity index (χ1) is 17.8. The Morgan fingerprint density at radius 1 is 1.05 bits per heavy atom. The van der Waals surface area contributed by atoms with Crippen LogP contribution < -0.4 is 11.0 Å². The minimum Gasteiger partial charge on any atom is -0.467 e. The highest BCUT2D eigenvalue weighted by Crippen LogP contribution is 2.37. The van der Waals surface area contributed by atoms with E-state index < -0.39 is 29.6 Å². The largest absolute Gasteiger partial charge is 0.467 e. The van der Waals surface area contributed by atoms with Gasteiger partial charge in [0, 0.05) is 12.5 Å². The molecule has 190 valence electrons. The van der Waals surface area contributed by atoms with E-state index in [0.717, 1.165) is 18.9 Å². The van der Waals surface area contributed by atoms with Crippen molar-refractivity contribution in [2.45, 2.75) is 31.3 Å². The van der Waals surface area contributed by atoms with E-state index in [0.29, 0.717) is 16.8 Å². The molecule has 0 bridgehead atoms. The lowest BCUT2D eigenvalue weighted by molar-refractivity contribution is -0.142. The summed E-state index contributed by atoms with van der Waals surface area (Å²) in [6.07, 6.45) is 1.76. The number of aromatic nitrogens is 2. The maximum absolute atomic E-state index is 14.8. The molecule has 1 saturated carbocycles. The first kappa shape index (κ1) is 24.7. The molecule has 1 amide bonds. The maximum Gasteiger partial charge on any atom is 0.334 e. The van der Waals surface area contributed by atoms with Crippen LogP contribution in [0.5, 0.6) is 0 Å². The number of rotatable bonds is 7. The SMILES string of the molecule is COC(=O)[C@H](Cc1ccc(-n2c(=O)n(C3CC3)c3cccc(F)c32)cc1)NC(=O)c1c(F)cccc1Cl. The Morgan fingerprint density at radius 3 is 2.38 bits per heavy atom. The van der Waals surface area contributed by atoms with Crippen LogP contribution in [0, 0.1) is 11.6 Å². The number of hydrogen-bond acceptors (Lipinski definition) is 4. The number of methoxy groups -OCH3 is 1. The molecule has 1 heterocycles. The van der Waals surface area contributed by atoms with Gasteiger partial charge in [-0.05, 0) is 54.8 Å². The van der Waals surface area contributed by atoms with Gasteiger partial charge in [-0.3, -0.25) is 13.9 Å². The van der Waals surface area contributed by atoms with E-state index in [1.165, 1.54) is 29.9 Å². The molecule has 1 aromatic heterocycles. The number of fused-ring (bicyclic) bond motifs is 1. The van der Waals surface area contributed by atoms with Crippen LogP contribution in [0.4, 0.5) is 8.78 Å². The zero-order chi connectivity index (χ0) is 26.3. The van der Waals surface area contributed by atoms with Crippen molar-refractivity contribution in [1.82, 2.24) is 14.5 Å². The fourth-order valence-corrected chi connectivity index (χ4v) is 4.70. The van der Waals surface area contributed by atoms with Crippen molar-refractivity contribution in [2.75, 3.05) is 7.11 Å². The number of para-hydroxylation sites is 1. The van der Waals surface area contributed by atoms with Gasteiger partial charge in [-0.2, -0.15) is 0 Å². The maximum atomic E-state index is 14.8. The molecule has 7 nitrogen and oxygen atoms in total. The summed E-state index contributed by atoms with van der Waals surface area (Å²) in [5, 5.41) is 2.39. The van der Waals surface area contributed by atoms with Crippen molar-refractivity contribution < 1.29 is 23.1 Å². The second-order valence-electron chi connectivity index (χ2n) is 8.84. The Labute approximate surface area is 215 Å². The van der Waals surface area contributed by atoms with Gasteiger partial charge >= 0.3 is 11.7 Å². The third-order valence-corrected chi connectivity index (χ3v) is 6.69. The Bertz CT molecular complexity index is 1560. The highest BCUT2D eigenvalue weighted by molar-refractivity contribution is 6.33. The molecule has 1 atom stereocenters. The van der Waals surface area contributed by atoms with Crippen LogP contribution in [-0.4, -0.2) is 34.2 Å². The Morgan fingerprint density at radius 2 is 1.73 bits per heavy atom. The summed E-state index contributed by atoms with van der Waals surface area (Å²) in [5.41, 5.74) is 1.13. The predicted octanol–water partition coefficient (Wildman–Crippen LogP) is 4.57. The molecular formula is C27H22ClF2N3O4. The summed E-state index contributed by atoms with van der Waals surface area (Å²) < 4.78 is 36.8. The third kappa shape index (κ3) is 4.62. The van der Waals surface area contributed by atoms with Crippen LogP contribution in [0.15, 0.2) is 65.5 Å². The lowest BCUT2D eigenvalue weighted by Gasteiger charge is -2.17. The number of amides is 1. The number of esters is 1. The lowest BCUT2D eigenvalue weighted by atomic mass is 10.0. The molecule has 10 heteroatoms. The van der Waals surface area contributed by atoms with Crippen LogP contribution in [0.3, 0.4) is 0 Å². The fourth-order valence-electron chi connectivity index (χ4n) is 4.45. The van der Waals surface area contributed by atoms with Crippen LogP contribution in [0.1, 0.15) is 34.8 Å². The Balaban J connectivity index is 1.44. The highest BCUT2D eigenvalue weighted by atomic mass is 35.5. The average Bonchev–Trinajstić information content (AvgIpc) is 3.66. The van der Waals surface area contributed by atoms with Crippen LogP contribution in [0.2, 0.25) is 5.02 Å². The average molecular weight is 526 g/mol. The molecular weight excluding hydrogens is 504 g/mol. The van der Waals surface area contributed by atoms with Crippen LogP contribution >= 0.6 is 11.6 Å². The number of hydrogen-bond donors (Lipinski definition) is 1. The van der Waals surface area contributed by atoms with Gasteiger partial charge in [-0.25, -0.2) is 18.4 Å². The van der Waals surface area contributed by atoms with Gasteiger partial charge in [0.1, 0.15) is 23.2 Å². The minimum absolute atomic E-state index is 0.0257. The minimum atomic E-state index is -1.13. The summed E-state index contributed by atoms with van der Waals surface area (Å²) in [6.45, 7) is 0. The summed E-state index contributed by atoms with van der Waals surface area (Å²) in [5.74, 6) is -2.90. The van der Waals surface area contributed by atoms with Gasteiger partial charge in [-0.15, -0.1) is 0 Å². The normalized spacial score (nSPS) is 13.9. The topological polar surface area (TPSA) is 82.3 Å². The quantitative estimate of drug-likeness (QED) is 0.358. The Hall–Kier alpha value is -3.98. The van der Waals surface area contributed by atoms with E-state index in [4.69, 9.17) is 16.3 Å². The molecule has 4 aromatic rings. The molecule has 0 unspecified atom stereocenters. The molecule has 0 radical (unpaired) electrons. The van der Waals surface area contributed by atoms with Gasteiger partial charge in [-0.1, -0.05) is 35.9 Å². The molecule has 37 heavy (non-hydrogen) atoms. The first-order valence-corrected chi connectivity index (χ1v) is 12.0. The third-order valence-electron chi connectivity index (χ3n) is 6.37. The van der Waals surface area contributed by atoms with Crippen molar-refractivity contribution in [3.8, 4) is 5.69 Å². The number of nitrogens with one attached hydrogen (secondary N) is 1. The van der Waals surface area contributed by atoms with Gasteiger partial charge in [0.05, 0.1) is 28.9 Å². The molecule has 1 N–H and O–H groups in total. The smallest absolute Gasteiger partial charge is 0.334 e. The first-order valence-electron chi connectivity index (χ1n) is 11.6. The van der Waals surface area contributed by atoms with E-state index in [1.54, 1.807) is 41.0 Å². The van der Waals surface area contributed by atoms with Crippen LogP contribution in [0.25, 0.3) is 16.7 Å². The van der Waals surface area contributed by atoms with Gasteiger partial charge < -0.3 is 10.1 Å². The second kappa shape index (κ2) is 9.82. The summed E-state index contributed by atoms with van der Waals surface area (Å²) >= 11 is 5.97. The molecule has 0 saturated heterocycles. The highest BCUT2D eigenvalue weighted by Gasteiger charge is 2.30. The molecule has 5 rings (SSSR count). The number of carbonyl (C=O) groups excluding carboxylic acids is 2. The summed E-state index contributed by atoms with van der Waals surface area (Å²) in [4.78, 5) is 38.3. The second-order valence-corrected chi connectivity index (χ2v) is 9.25. The molecule has 1 fully saturated rings. The standard InChI is InChI=1S/C27H22ClF2N3O4/c1-37-26(35)21(31-25(34)23-18(28)4-2-5-19(23)29)14-15-8-10-17(11-9-15)33-24-20(30)6-3-7-22(24)32(27(33)36)16-12-13-16/h2-11,16,21H,12-14H2,1H3,(H,31,34)/t21-/m0/s1. The number of benzene rings is 3. The predicted molar refractivity (Wildman–Crippen MR) is 134 cm³/mol. The van der Waals surface area contributed by atoms with Crippen molar-refractivity contribution in [3.63, 3.8) is 0 Å². The lowest BCUT2D eigenvalue weighted by Crippen LogP contribution is -2.43. The van der Waals surface area contributed by atoms with E-state index in [9.17, 15) is 23.2 Å². The number of nitrogens with zero attached hydrogens (tertiary/aromatic N) is 2. The van der Waals surface area contributed by atoms with E-state index in [2.05, 4.69) is 5.32 Å². The number of carbonyl (C=O) groups is 2. The van der Waals surface area contributed by atoms with Crippen LogP contribution in [-0.2, 0) is 16.0 Å².